The van der Waals surface area contributed by atoms with E-state index in [1.54, 1.807) is 45.6 Å². The molecule has 2 aromatic rings. The smallest absolute Gasteiger partial charge is 0.193 e. The molecule has 6 heteroatoms. The molecule has 0 saturated heterocycles. The van der Waals surface area contributed by atoms with Crippen LogP contribution in [0.4, 0.5) is 0 Å². The molecule has 0 bridgehead atoms. The van der Waals surface area contributed by atoms with E-state index in [-0.39, 0.29) is 5.22 Å². The summed E-state index contributed by atoms with van der Waals surface area (Å²) in [4.78, 5) is 0. The lowest BCUT2D eigenvalue weighted by atomic mass is 10.1. The SMILES string of the molecule is COc1cc(OC)c(C(Cl)c2ccc(Cl)o2)c(OC)c1. The normalized spacial score (nSPS) is 12.1. The molecule has 1 atom stereocenters. The summed E-state index contributed by atoms with van der Waals surface area (Å²) in [5.74, 6) is 2.23. The van der Waals surface area contributed by atoms with Gasteiger partial charge in [-0.3, -0.25) is 0 Å². The predicted molar refractivity (Wildman–Crippen MR) is 77.5 cm³/mol. The number of furan rings is 1. The molecular formula is C14H14Cl2O4. The number of rotatable bonds is 5. The van der Waals surface area contributed by atoms with Crippen molar-refractivity contribution in [2.45, 2.75) is 5.38 Å². The molecule has 0 saturated carbocycles. The predicted octanol–water partition coefficient (Wildman–Crippen LogP) is 4.29. The average molecular weight is 317 g/mol. The molecule has 4 nitrogen and oxygen atoms in total. The summed E-state index contributed by atoms with van der Waals surface area (Å²) in [6, 6.07) is 6.81. The Balaban J connectivity index is 2.53. The molecule has 0 spiro atoms. The van der Waals surface area contributed by atoms with Crippen LogP contribution in [-0.4, -0.2) is 21.3 Å². The Morgan fingerprint density at radius 3 is 2.00 bits per heavy atom. The molecule has 0 N–H and O–H groups in total. The number of methoxy groups -OCH3 is 3. The minimum atomic E-state index is -0.585. The summed E-state index contributed by atoms with van der Waals surface area (Å²) in [5, 5.41) is -0.310. The Labute approximate surface area is 127 Å². The number of ether oxygens (including phenoxy) is 3. The van der Waals surface area contributed by atoms with Gasteiger partial charge in [-0.15, -0.1) is 11.6 Å². The van der Waals surface area contributed by atoms with Crippen molar-refractivity contribution in [1.82, 2.24) is 0 Å². The van der Waals surface area contributed by atoms with Gasteiger partial charge >= 0.3 is 0 Å². The number of hydrogen-bond acceptors (Lipinski definition) is 4. The molecule has 1 aromatic carbocycles. The summed E-state index contributed by atoms with van der Waals surface area (Å²) in [6.07, 6.45) is 0. The van der Waals surface area contributed by atoms with Crippen molar-refractivity contribution in [2.24, 2.45) is 0 Å². The van der Waals surface area contributed by atoms with Gasteiger partial charge in [0.25, 0.3) is 0 Å². The standard InChI is InChI=1S/C14H14Cl2O4/c1-17-8-6-10(18-2)13(11(7-8)19-3)14(16)9-4-5-12(15)20-9/h4-7,14H,1-3H3. The van der Waals surface area contributed by atoms with E-state index in [0.717, 1.165) is 0 Å². The van der Waals surface area contributed by atoms with E-state index in [1.165, 1.54) is 0 Å². The molecule has 0 radical (unpaired) electrons. The Morgan fingerprint density at radius 2 is 1.60 bits per heavy atom. The fraction of sp³-hybridized carbons (Fsp3) is 0.286. The third-order valence-corrected chi connectivity index (χ3v) is 3.49. The van der Waals surface area contributed by atoms with Crippen LogP contribution >= 0.6 is 23.2 Å². The summed E-state index contributed by atoms with van der Waals surface area (Å²) in [6.45, 7) is 0. The van der Waals surface area contributed by atoms with Gasteiger partial charge in [-0.05, 0) is 23.7 Å². The van der Waals surface area contributed by atoms with Crippen LogP contribution in [0.2, 0.25) is 5.22 Å². The first kappa shape index (κ1) is 14.9. The zero-order chi connectivity index (χ0) is 14.7. The second-order valence-corrected chi connectivity index (χ2v) is 4.76. The van der Waals surface area contributed by atoms with E-state index in [0.29, 0.717) is 28.6 Å². The second kappa shape index (κ2) is 6.29. The lowest BCUT2D eigenvalue weighted by Gasteiger charge is -2.17. The molecular weight excluding hydrogens is 303 g/mol. The lowest BCUT2D eigenvalue weighted by molar-refractivity contribution is 0.367. The largest absolute Gasteiger partial charge is 0.496 e. The van der Waals surface area contributed by atoms with Gasteiger partial charge in [0.1, 0.15) is 28.4 Å². The Hall–Kier alpha value is -1.52. The molecule has 0 aliphatic heterocycles. The van der Waals surface area contributed by atoms with E-state index in [1.807, 2.05) is 0 Å². The Kier molecular flexibility index (Phi) is 4.68. The number of halogens is 2. The first-order valence-electron chi connectivity index (χ1n) is 5.80. The van der Waals surface area contributed by atoms with E-state index >= 15 is 0 Å². The zero-order valence-electron chi connectivity index (χ0n) is 11.3. The fourth-order valence-corrected chi connectivity index (χ4v) is 2.37. The summed E-state index contributed by atoms with van der Waals surface area (Å²) in [7, 11) is 4.67. The topological polar surface area (TPSA) is 40.8 Å². The maximum Gasteiger partial charge on any atom is 0.193 e. The first-order chi connectivity index (χ1) is 9.60. The van der Waals surface area contributed by atoms with Crippen LogP contribution in [0.1, 0.15) is 16.7 Å². The monoisotopic (exact) mass is 316 g/mol. The lowest BCUT2D eigenvalue weighted by Crippen LogP contribution is -2.01. The van der Waals surface area contributed by atoms with E-state index in [9.17, 15) is 0 Å². The van der Waals surface area contributed by atoms with Crippen molar-refractivity contribution in [3.63, 3.8) is 0 Å². The van der Waals surface area contributed by atoms with Gasteiger partial charge in [0.05, 0.1) is 26.9 Å². The number of alkyl halides is 1. The van der Waals surface area contributed by atoms with Crippen molar-refractivity contribution < 1.29 is 18.6 Å². The molecule has 1 aromatic heterocycles. The van der Waals surface area contributed by atoms with Crippen LogP contribution in [0.25, 0.3) is 0 Å². The third-order valence-electron chi connectivity index (χ3n) is 2.85. The molecule has 0 amide bonds. The Bertz CT molecular complexity index is 570. The zero-order valence-corrected chi connectivity index (χ0v) is 12.8. The highest BCUT2D eigenvalue weighted by atomic mass is 35.5. The van der Waals surface area contributed by atoms with Gasteiger partial charge in [-0.2, -0.15) is 0 Å². The third kappa shape index (κ3) is 2.81. The van der Waals surface area contributed by atoms with Crippen molar-refractivity contribution in [2.75, 3.05) is 21.3 Å². The first-order valence-corrected chi connectivity index (χ1v) is 6.61. The van der Waals surface area contributed by atoms with E-state index in [2.05, 4.69) is 0 Å². The number of hydrogen-bond donors (Lipinski definition) is 0. The van der Waals surface area contributed by atoms with Gasteiger partial charge in [0.2, 0.25) is 0 Å². The van der Waals surface area contributed by atoms with Gasteiger partial charge < -0.3 is 18.6 Å². The molecule has 20 heavy (non-hydrogen) atoms. The van der Waals surface area contributed by atoms with Gasteiger partial charge in [-0.25, -0.2) is 0 Å². The van der Waals surface area contributed by atoms with Crippen LogP contribution in [0, 0.1) is 0 Å². The highest BCUT2D eigenvalue weighted by Crippen LogP contribution is 2.44. The minimum Gasteiger partial charge on any atom is -0.496 e. The molecule has 0 fully saturated rings. The quantitative estimate of drug-likeness (QED) is 0.772. The average Bonchev–Trinajstić information content (AvgIpc) is 2.91. The van der Waals surface area contributed by atoms with Gasteiger partial charge in [0, 0.05) is 12.1 Å². The summed E-state index contributed by atoms with van der Waals surface area (Å²) < 4.78 is 21.3. The van der Waals surface area contributed by atoms with Crippen molar-refractivity contribution in [3.05, 3.63) is 40.8 Å². The maximum absolute atomic E-state index is 6.46. The number of benzene rings is 1. The highest BCUT2D eigenvalue weighted by molar-refractivity contribution is 6.29. The van der Waals surface area contributed by atoms with E-state index < -0.39 is 5.38 Å². The van der Waals surface area contributed by atoms with Crippen LogP contribution in [0.15, 0.2) is 28.7 Å². The molecule has 1 unspecified atom stereocenters. The van der Waals surface area contributed by atoms with Crippen molar-refractivity contribution in [1.29, 1.82) is 0 Å². The van der Waals surface area contributed by atoms with Crippen molar-refractivity contribution in [3.8, 4) is 17.2 Å². The van der Waals surface area contributed by atoms with Crippen LogP contribution < -0.4 is 14.2 Å². The highest BCUT2D eigenvalue weighted by Gasteiger charge is 2.24. The fourth-order valence-electron chi connectivity index (χ4n) is 1.89. The molecule has 108 valence electrons. The summed E-state index contributed by atoms with van der Waals surface area (Å²) in [5.41, 5.74) is 0.656. The van der Waals surface area contributed by atoms with Crippen LogP contribution in [-0.2, 0) is 0 Å². The van der Waals surface area contributed by atoms with Crippen LogP contribution in [0.3, 0.4) is 0 Å². The van der Waals surface area contributed by atoms with Gasteiger partial charge in [-0.1, -0.05) is 0 Å². The maximum atomic E-state index is 6.46. The Morgan fingerprint density at radius 1 is 1.00 bits per heavy atom. The van der Waals surface area contributed by atoms with Crippen LogP contribution in [0.5, 0.6) is 17.2 Å². The summed E-state index contributed by atoms with van der Waals surface area (Å²) >= 11 is 12.2. The van der Waals surface area contributed by atoms with Gasteiger partial charge in [0.15, 0.2) is 5.22 Å². The molecule has 0 aliphatic rings. The molecule has 0 aliphatic carbocycles. The molecule has 1 heterocycles. The molecule has 2 rings (SSSR count). The minimum absolute atomic E-state index is 0.275. The van der Waals surface area contributed by atoms with Crippen molar-refractivity contribution >= 4 is 23.2 Å². The van der Waals surface area contributed by atoms with E-state index in [4.69, 9.17) is 41.8 Å². The second-order valence-electron chi connectivity index (χ2n) is 3.95.